The first-order chi connectivity index (χ1) is 8.17. The average molecular weight is 316 g/mol. The average Bonchev–Trinajstić information content (AvgIpc) is 2.88. The number of hydrogen-bond acceptors (Lipinski definition) is 4. The van der Waals surface area contributed by atoms with E-state index < -0.39 is 0 Å². The molecule has 0 saturated heterocycles. The van der Waals surface area contributed by atoms with Crippen molar-refractivity contribution in [3.8, 4) is 5.88 Å². The fraction of sp³-hybridized carbons (Fsp3) is 0.364. The lowest BCUT2D eigenvalue weighted by Crippen LogP contribution is -2.18. The first-order valence-corrected chi connectivity index (χ1v) is 6.87. The van der Waals surface area contributed by atoms with Gasteiger partial charge in [-0.25, -0.2) is 4.68 Å². The molecule has 0 radical (unpaired) electrons. The van der Waals surface area contributed by atoms with Gasteiger partial charge in [0.25, 0.3) is 0 Å². The number of rotatable bonds is 4. The molecule has 0 aromatic carbocycles. The van der Waals surface area contributed by atoms with Crippen molar-refractivity contribution in [1.29, 1.82) is 0 Å². The maximum atomic E-state index is 5.23. The van der Waals surface area contributed by atoms with E-state index in [0.29, 0.717) is 0 Å². The third-order valence-corrected chi connectivity index (χ3v) is 4.35. The second kappa shape index (κ2) is 5.20. The van der Waals surface area contributed by atoms with Crippen LogP contribution in [0.4, 0.5) is 0 Å². The molecule has 2 aromatic rings. The summed E-state index contributed by atoms with van der Waals surface area (Å²) in [5.41, 5.74) is 2.14. The quantitative estimate of drug-likeness (QED) is 0.942. The minimum Gasteiger partial charge on any atom is -0.481 e. The van der Waals surface area contributed by atoms with E-state index in [1.807, 2.05) is 20.2 Å². The second-order valence-corrected chi connectivity index (χ2v) is 5.23. The molecule has 17 heavy (non-hydrogen) atoms. The third-order valence-electron chi connectivity index (χ3n) is 2.60. The van der Waals surface area contributed by atoms with E-state index in [0.717, 1.165) is 16.0 Å². The number of hydrogen-bond donors (Lipinski definition) is 1. The molecule has 2 heterocycles. The van der Waals surface area contributed by atoms with Crippen LogP contribution in [-0.2, 0) is 7.05 Å². The Bertz CT molecular complexity index is 509. The van der Waals surface area contributed by atoms with E-state index in [1.54, 1.807) is 23.1 Å². The van der Waals surface area contributed by atoms with Gasteiger partial charge in [-0.3, -0.25) is 0 Å². The first-order valence-electron chi connectivity index (χ1n) is 5.14. The lowest BCUT2D eigenvalue weighted by molar-refractivity contribution is 0.373. The number of aromatic nitrogens is 2. The van der Waals surface area contributed by atoms with Crippen LogP contribution in [0, 0.1) is 0 Å². The fourth-order valence-corrected chi connectivity index (χ4v) is 3.32. The van der Waals surface area contributed by atoms with E-state index in [-0.39, 0.29) is 6.04 Å². The Morgan fingerprint density at radius 1 is 1.53 bits per heavy atom. The minimum atomic E-state index is 0.0747. The van der Waals surface area contributed by atoms with E-state index in [1.165, 1.54) is 5.56 Å². The Kier molecular flexibility index (Phi) is 3.86. The number of methoxy groups -OCH3 is 1. The number of aryl methyl sites for hydroxylation is 1. The monoisotopic (exact) mass is 315 g/mol. The molecule has 2 rings (SSSR count). The lowest BCUT2D eigenvalue weighted by Gasteiger charge is -2.12. The van der Waals surface area contributed by atoms with Crippen molar-refractivity contribution >= 4 is 27.3 Å². The van der Waals surface area contributed by atoms with Gasteiger partial charge in [-0.2, -0.15) is 16.4 Å². The molecule has 0 saturated carbocycles. The Morgan fingerprint density at radius 2 is 2.29 bits per heavy atom. The number of nitrogens with one attached hydrogen (secondary N) is 1. The van der Waals surface area contributed by atoms with E-state index in [9.17, 15) is 0 Å². The first kappa shape index (κ1) is 12.6. The predicted octanol–water partition coefficient (Wildman–Crippen LogP) is 2.56. The molecular formula is C11H14BrN3OS. The van der Waals surface area contributed by atoms with Gasteiger partial charge in [0, 0.05) is 28.5 Å². The van der Waals surface area contributed by atoms with Crippen molar-refractivity contribution in [3.63, 3.8) is 0 Å². The Balaban J connectivity index is 2.39. The van der Waals surface area contributed by atoms with Gasteiger partial charge < -0.3 is 10.1 Å². The van der Waals surface area contributed by atoms with Gasteiger partial charge >= 0.3 is 0 Å². The normalized spacial score (nSPS) is 12.7. The molecule has 1 unspecified atom stereocenters. The van der Waals surface area contributed by atoms with Crippen molar-refractivity contribution in [2.75, 3.05) is 14.2 Å². The van der Waals surface area contributed by atoms with Gasteiger partial charge in [-0.1, -0.05) is 0 Å². The van der Waals surface area contributed by atoms with Gasteiger partial charge in [0.15, 0.2) is 0 Å². The largest absolute Gasteiger partial charge is 0.481 e. The smallest absolute Gasteiger partial charge is 0.211 e. The van der Waals surface area contributed by atoms with Crippen LogP contribution in [0.3, 0.4) is 0 Å². The number of halogens is 1. The maximum Gasteiger partial charge on any atom is 0.211 e. The van der Waals surface area contributed by atoms with Crippen LogP contribution >= 0.6 is 27.3 Å². The molecule has 0 aliphatic carbocycles. The molecule has 4 nitrogen and oxygen atoms in total. The molecule has 0 amide bonds. The summed E-state index contributed by atoms with van der Waals surface area (Å²) in [6.45, 7) is 0. The highest BCUT2D eigenvalue weighted by molar-refractivity contribution is 9.10. The minimum absolute atomic E-state index is 0.0747. The van der Waals surface area contributed by atoms with Gasteiger partial charge in [-0.05, 0) is 28.4 Å². The molecule has 1 atom stereocenters. The van der Waals surface area contributed by atoms with Crippen molar-refractivity contribution in [2.24, 2.45) is 7.05 Å². The molecule has 0 fully saturated rings. The van der Waals surface area contributed by atoms with Crippen LogP contribution < -0.4 is 10.1 Å². The number of thiophene rings is 1. The van der Waals surface area contributed by atoms with Crippen molar-refractivity contribution in [3.05, 3.63) is 32.6 Å². The summed E-state index contributed by atoms with van der Waals surface area (Å²) >= 11 is 5.22. The second-order valence-electron chi connectivity index (χ2n) is 3.63. The van der Waals surface area contributed by atoms with E-state index in [2.05, 4.69) is 37.1 Å². The molecule has 0 aliphatic heterocycles. The van der Waals surface area contributed by atoms with E-state index >= 15 is 0 Å². The predicted molar refractivity (Wildman–Crippen MR) is 72.7 cm³/mol. The summed E-state index contributed by atoms with van der Waals surface area (Å²) in [7, 11) is 5.45. The molecular weight excluding hydrogens is 302 g/mol. The molecule has 0 spiro atoms. The van der Waals surface area contributed by atoms with Crippen LogP contribution in [0.5, 0.6) is 5.88 Å². The summed E-state index contributed by atoms with van der Waals surface area (Å²) in [4.78, 5) is 0. The highest BCUT2D eigenvalue weighted by Gasteiger charge is 2.19. The molecule has 1 N–H and O–H groups in total. The summed E-state index contributed by atoms with van der Waals surface area (Å²) in [5.74, 6) is 0.756. The summed E-state index contributed by atoms with van der Waals surface area (Å²) < 4.78 is 8.07. The number of ether oxygens (including phenoxy) is 1. The Hall–Kier alpha value is -0.850. The summed E-state index contributed by atoms with van der Waals surface area (Å²) in [5, 5.41) is 11.9. The van der Waals surface area contributed by atoms with Crippen LogP contribution in [-0.4, -0.2) is 23.9 Å². The van der Waals surface area contributed by atoms with Gasteiger partial charge in [0.2, 0.25) is 5.88 Å². The highest BCUT2D eigenvalue weighted by atomic mass is 79.9. The fourth-order valence-electron chi connectivity index (χ4n) is 1.76. The molecule has 6 heteroatoms. The Morgan fingerprint density at radius 3 is 2.76 bits per heavy atom. The zero-order chi connectivity index (χ0) is 12.4. The maximum absolute atomic E-state index is 5.23. The van der Waals surface area contributed by atoms with E-state index in [4.69, 9.17) is 4.74 Å². The lowest BCUT2D eigenvalue weighted by atomic mass is 10.1. The van der Waals surface area contributed by atoms with Gasteiger partial charge in [0.05, 0.1) is 18.8 Å². The van der Waals surface area contributed by atoms with Crippen molar-refractivity contribution in [1.82, 2.24) is 15.1 Å². The molecule has 2 aromatic heterocycles. The van der Waals surface area contributed by atoms with Crippen molar-refractivity contribution < 1.29 is 4.74 Å². The Labute approximate surface area is 113 Å². The SMILES string of the molecule is CNC(c1cc(OC)n(C)n1)c1cscc1Br. The van der Waals surface area contributed by atoms with Crippen LogP contribution in [0.2, 0.25) is 0 Å². The van der Waals surface area contributed by atoms with Crippen LogP contribution in [0.15, 0.2) is 21.3 Å². The molecule has 92 valence electrons. The van der Waals surface area contributed by atoms with Crippen molar-refractivity contribution in [2.45, 2.75) is 6.04 Å². The summed E-state index contributed by atoms with van der Waals surface area (Å²) in [6.07, 6.45) is 0. The molecule has 0 aliphatic rings. The molecule has 0 bridgehead atoms. The zero-order valence-electron chi connectivity index (χ0n) is 9.90. The van der Waals surface area contributed by atoms with Crippen LogP contribution in [0.1, 0.15) is 17.3 Å². The third kappa shape index (κ3) is 2.38. The van der Waals surface area contributed by atoms with Gasteiger partial charge in [0.1, 0.15) is 0 Å². The zero-order valence-corrected chi connectivity index (χ0v) is 12.3. The van der Waals surface area contributed by atoms with Gasteiger partial charge in [-0.15, -0.1) is 0 Å². The summed E-state index contributed by atoms with van der Waals surface area (Å²) in [6, 6.07) is 2.02. The highest BCUT2D eigenvalue weighted by Crippen LogP contribution is 2.31. The number of nitrogens with zero attached hydrogens (tertiary/aromatic N) is 2. The standard InChI is InChI=1S/C11H14BrN3OS/c1-13-11(7-5-17-6-8(7)12)9-4-10(16-3)15(2)14-9/h4-6,11,13H,1-3H3. The topological polar surface area (TPSA) is 39.1 Å². The van der Waals surface area contributed by atoms with Crippen LogP contribution in [0.25, 0.3) is 0 Å².